The van der Waals surface area contributed by atoms with Crippen LogP contribution in [0.3, 0.4) is 0 Å². The smallest absolute Gasteiger partial charge is 0.0825 e. The average Bonchev–Trinajstić information content (AvgIpc) is 2.89. The summed E-state index contributed by atoms with van der Waals surface area (Å²) in [6, 6.07) is 0. The summed E-state index contributed by atoms with van der Waals surface area (Å²) in [5.41, 5.74) is -0.357. The number of rotatable bonds is 6. The highest BCUT2D eigenvalue weighted by Crippen LogP contribution is 2.57. The third-order valence-corrected chi connectivity index (χ3v) is 6.95. The van der Waals surface area contributed by atoms with Gasteiger partial charge < -0.3 is 10.2 Å². The predicted octanol–water partition coefficient (Wildman–Crippen LogP) is 4.86. The molecule has 0 aromatic carbocycles. The molecule has 2 aliphatic rings. The Morgan fingerprint density at radius 3 is 2.52 bits per heavy atom. The predicted molar refractivity (Wildman–Crippen MR) is 97.2 cm³/mol. The van der Waals surface area contributed by atoms with Gasteiger partial charge in [-0.3, -0.25) is 0 Å². The SMILES string of the molecule is CCC(O)(/C=C/C=C/[C@@H](C)C1CCC2[C@@H](O)CCCC12C)CC. The summed E-state index contributed by atoms with van der Waals surface area (Å²) in [6.07, 6.45) is 15.6. The highest BCUT2D eigenvalue weighted by Gasteiger charge is 2.51. The van der Waals surface area contributed by atoms with Crippen LogP contribution in [0.2, 0.25) is 0 Å². The van der Waals surface area contributed by atoms with E-state index in [0.29, 0.717) is 23.2 Å². The van der Waals surface area contributed by atoms with Crippen LogP contribution in [0.25, 0.3) is 0 Å². The summed E-state index contributed by atoms with van der Waals surface area (Å²) in [7, 11) is 0. The second-order valence-corrected chi connectivity index (χ2v) is 8.17. The van der Waals surface area contributed by atoms with E-state index in [4.69, 9.17) is 0 Å². The monoisotopic (exact) mass is 320 g/mol. The van der Waals surface area contributed by atoms with Gasteiger partial charge >= 0.3 is 0 Å². The second-order valence-electron chi connectivity index (χ2n) is 8.17. The molecule has 2 N–H and O–H groups in total. The first-order valence-electron chi connectivity index (χ1n) is 9.62. The Balaban J connectivity index is 1.99. The fraction of sp³-hybridized carbons (Fsp3) is 0.810. The van der Waals surface area contributed by atoms with Crippen molar-refractivity contribution in [2.75, 3.05) is 0 Å². The van der Waals surface area contributed by atoms with E-state index < -0.39 is 5.60 Å². The average molecular weight is 321 g/mol. The lowest BCUT2D eigenvalue weighted by Crippen LogP contribution is -2.41. The van der Waals surface area contributed by atoms with E-state index in [0.717, 1.165) is 19.3 Å². The van der Waals surface area contributed by atoms with Gasteiger partial charge in [0.05, 0.1) is 11.7 Å². The summed E-state index contributed by atoms with van der Waals surface area (Å²) >= 11 is 0. The van der Waals surface area contributed by atoms with Gasteiger partial charge in [0.2, 0.25) is 0 Å². The van der Waals surface area contributed by atoms with Crippen LogP contribution in [0, 0.1) is 23.2 Å². The van der Waals surface area contributed by atoms with Crippen LogP contribution in [-0.2, 0) is 0 Å². The van der Waals surface area contributed by atoms with Gasteiger partial charge in [-0.2, -0.15) is 0 Å². The molecule has 0 aromatic heterocycles. The van der Waals surface area contributed by atoms with Gasteiger partial charge in [-0.05, 0) is 61.7 Å². The van der Waals surface area contributed by atoms with Crippen molar-refractivity contribution >= 4 is 0 Å². The summed E-state index contributed by atoms with van der Waals surface area (Å²) < 4.78 is 0. The molecule has 3 unspecified atom stereocenters. The van der Waals surface area contributed by atoms with E-state index in [1.807, 2.05) is 26.0 Å². The van der Waals surface area contributed by atoms with Crippen LogP contribution in [0.15, 0.2) is 24.3 Å². The third kappa shape index (κ3) is 3.91. The molecule has 2 rings (SSSR count). The molecule has 0 heterocycles. The Morgan fingerprint density at radius 1 is 1.17 bits per heavy atom. The normalized spacial score (nSPS) is 36.7. The zero-order valence-electron chi connectivity index (χ0n) is 15.5. The maximum absolute atomic E-state index is 10.3. The van der Waals surface area contributed by atoms with Crippen molar-refractivity contribution in [1.82, 2.24) is 0 Å². The van der Waals surface area contributed by atoms with Gasteiger partial charge in [0.15, 0.2) is 0 Å². The molecule has 0 saturated heterocycles. The molecule has 2 fully saturated rings. The van der Waals surface area contributed by atoms with Gasteiger partial charge in [-0.15, -0.1) is 0 Å². The molecule has 2 heteroatoms. The van der Waals surface area contributed by atoms with Crippen molar-refractivity contribution in [1.29, 1.82) is 0 Å². The molecule has 2 nitrogen and oxygen atoms in total. The number of fused-ring (bicyclic) bond motifs is 1. The van der Waals surface area contributed by atoms with Crippen LogP contribution in [-0.4, -0.2) is 21.9 Å². The number of allylic oxidation sites excluding steroid dienone is 3. The number of aliphatic hydroxyl groups excluding tert-OH is 1. The minimum absolute atomic E-state index is 0.0843. The van der Waals surface area contributed by atoms with Crippen LogP contribution in [0.4, 0.5) is 0 Å². The van der Waals surface area contributed by atoms with Gasteiger partial charge in [0.1, 0.15) is 0 Å². The fourth-order valence-electron chi connectivity index (χ4n) is 5.15. The molecule has 0 aromatic rings. The maximum atomic E-state index is 10.3. The molecule has 0 bridgehead atoms. The van der Waals surface area contributed by atoms with Gasteiger partial charge in [-0.25, -0.2) is 0 Å². The molecule has 0 radical (unpaired) electrons. The minimum atomic E-state index is -0.661. The van der Waals surface area contributed by atoms with Crippen molar-refractivity contribution in [3.05, 3.63) is 24.3 Å². The first kappa shape index (κ1) is 18.7. The first-order valence-corrected chi connectivity index (χ1v) is 9.62. The lowest BCUT2D eigenvalue weighted by atomic mass is 9.62. The topological polar surface area (TPSA) is 40.5 Å². The Bertz CT molecular complexity index is 435. The first-order chi connectivity index (χ1) is 10.9. The standard InChI is InChI=1S/C21H36O2/c1-5-21(23,6-2)15-8-7-10-16(3)17-12-13-18-19(22)11-9-14-20(17,18)4/h7-8,10,15-19,22-23H,5-6,9,11-14H2,1-4H3/b10-7+,15-8+/t16-,17?,18?,19+,20?/m1/s1. The molecular formula is C21H36O2. The van der Waals surface area contributed by atoms with Crippen molar-refractivity contribution in [2.45, 2.75) is 84.3 Å². The lowest BCUT2D eigenvalue weighted by molar-refractivity contribution is -0.0231. The number of hydrogen-bond acceptors (Lipinski definition) is 2. The van der Waals surface area contributed by atoms with Crippen molar-refractivity contribution in [3.8, 4) is 0 Å². The van der Waals surface area contributed by atoms with Crippen LogP contribution in [0.1, 0.15) is 72.6 Å². The molecule has 132 valence electrons. The van der Waals surface area contributed by atoms with Gasteiger partial charge in [0, 0.05) is 0 Å². The van der Waals surface area contributed by atoms with Crippen molar-refractivity contribution < 1.29 is 10.2 Å². The van der Waals surface area contributed by atoms with E-state index in [9.17, 15) is 10.2 Å². The Labute approximate surface area is 142 Å². The maximum Gasteiger partial charge on any atom is 0.0825 e. The fourth-order valence-corrected chi connectivity index (χ4v) is 5.15. The Hall–Kier alpha value is -0.600. The zero-order valence-corrected chi connectivity index (χ0v) is 15.5. The van der Waals surface area contributed by atoms with E-state index in [1.165, 1.54) is 25.7 Å². The molecule has 5 atom stereocenters. The molecule has 0 aliphatic heterocycles. The Morgan fingerprint density at radius 2 is 1.87 bits per heavy atom. The summed E-state index contributed by atoms with van der Waals surface area (Å²) in [5.74, 6) is 1.69. The third-order valence-electron chi connectivity index (χ3n) is 6.95. The van der Waals surface area contributed by atoms with E-state index in [-0.39, 0.29) is 6.10 Å². The Kier molecular flexibility index (Phi) is 6.13. The minimum Gasteiger partial charge on any atom is -0.393 e. The summed E-state index contributed by atoms with van der Waals surface area (Å²) in [4.78, 5) is 0. The zero-order chi connectivity index (χ0) is 17.1. The molecule has 0 spiro atoms. The van der Waals surface area contributed by atoms with Crippen LogP contribution in [0.5, 0.6) is 0 Å². The largest absolute Gasteiger partial charge is 0.393 e. The summed E-state index contributed by atoms with van der Waals surface area (Å²) in [6.45, 7) is 8.77. The molecule has 0 amide bonds. The van der Waals surface area contributed by atoms with E-state index in [1.54, 1.807) is 0 Å². The highest BCUT2D eigenvalue weighted by molar-refractivity contribution is 5.12. The van der Waals surface area contributed by atoms with Crippen LogP contribution >= 0.6 is 0 Å². The molecule has 2 saturated carbocycles. The molecule has 23 heavy (non-hydrogen) atoms. The van der Waals surface area contributed by atoms with Crippen molar-refractivity contribution in [2.24, 2.45) is 23.2 Å². The van der Waals surface area contributed by atoms with Gasteiger partial charge in [-0.1, -0.05) is 58.4 Å². The second kappa shape index (κ2) is 7.53. The highest BCUT2D eigenvalue weighted by atomic mass is 16.3. The van der Waals surface area contributed by atoms with E-state index >= 15 is 0 Å². The molecular weight excluding hydrogens is 284 g/mol. The summed E-state index contributed by atoms with van der Waals surface area (Å²) in [5, 5.41) is 20.6. The number of aliphatic hydroxyl groups is 2. The quantitative estimate of drug-likeness (QED) is 0.686. The lowest BCUT2D eigenvalue weighted by Gasteiger charge is -2.44. The van der Waals surface area contributed by atoms with Crippen LogP contribution < -0.4 is 0 Å². The van der Waals surface area contributed by atoms with Crippen molar-refractivity contribution in [3.63, 3.8) is 0 Å². The van der Waals surface area contributed by atoms with Gasteiger partial charge in [0.25, 0.3) is 0 Å². The molecule has 2 aliphatic carbocycles. The van der Waals surface area contributed by atoms with E-state index in [2.05, 4.69) is 26.0 Å². The number of hydrogen-bond donors (Lipinski definition) is 2.